The van der Waals surface area contributed by atoms with Crippen molar-refractivity contribution in [2.45, 2.75) is 43.7 Å². The molecule has 0 bridgehead atoms. The van der Waals surface area contributed by atoms with E-state index in [1.807, 2.05) is 0 Å². The molecule has 1 saturated heterocycles. The first kappa shape index (κ1) is 23.0. The third kappa shape index (κ3) is 5.33. The molecule has 1 aliphatic rings. The summed E-state index contributed by atoms with van der Waals surface area (Å²) >= 11 is 0. The Bertz CT molecular complexity index is 1080. The van der Waals surface area contributed by atoms with Gasteiger partial charge in [0.25, 0.3) is 5.91 Å². The van der Waals surface area contributed by atoms with E-state index in [2.05, 4.69) is 15.5 Å². The maximum Gasteiger partial charge on any atom is 0.435 e. The number of hydrogen-bond donors (Lipinski definition) is 2. The van der Waals surface area contributed by atoms with Crippen molar-refractivity contribution in [2.24, 2.45) is 0 Å². The van der Waals surface area contributed by atoms with E-state index in [0.29, 0.717) is 13.1 Å². The van der Waals surface area contributed by atoms with Crippen LogP contribution in [0.5, 0.6) is 0 Å². The van der Waals surface area contributed by atoms with E-state index in [-0.39, 0.29) is 27.5 Å². The summed E-state index contributed by atoms with van der Waals surface area (Å²) < 4.78 is 60.0. The lowest BCUT2D eigenvalue weighted by atomic mass is 10.1. The number of hydrogen-bond acceptors (Lipinski definition) is 6. The Morgan fingerprint density at radius 3 is 2.39 bits per heavy atom. The van der Waals surface area contributed by atoms with Gasteiger partial charge in [-0.05, 0) is 43.5 Å². The molecule has 168 valence electrons. The van der Waals surface area contributed by atoms with E-state index in [1.165, 1.54) is 37.4 Å². The molecule has 1 aromatic heterocycles. The fraction of sp³-hybridized carbons (Fsp3) is 0.450. The number of nitrogens with zero attached hydrogens (tertiary/aromatic N) is 3. The summed E-state index contributed by atoms with van der Waals surface area (Å²) in [6.45, 7) is 2.37. The Labute approximate surface area is 179 Å². The second-order valence-electron chi connectivity index (χ2n) is 7.60. The van der Waals surface area contributed by atoms with Crippen molar-refractivity contribution in [3.63, 3.8) is 0 Å². The van der Waals surface area contributed by atoms with Gasteiger partial charge in [-0.25, -0.2) is 8.99 Å². The highest BCUT2D eigenvalue weighted by molar-refractivity contribution is 7.91. The molecular formula is C20H24F3N5O2S. The van der Waals surface area contributed by atoms with Crippen LogP contribution in [0.1, 0.15) is 47.3 Å². The largest absolute Gasteiger partial charge is 0.435 e. The summed E-state index contributed by atoms with van der Waals surface area (Å²) in [5, 5.41) is 9.78. The zero-order valence-corrected chi connectivity index (χ0v) is 18.1. The molecule has 31 heavy (non-hydrogen) atoms. The normalized spacial score (nSPS) is 17.0. The van der Waals surface area contributed by atoms with Crippen LogP contribution in [0.15, 0.2) is 29.2 Å². The fourth-order valence-corrected chi connectivity index (χ4v) is 4.25. The minimum Gasteiger partial charge on any atom is -0.354 e. The van der Waals surface area contributed by atoms with Gasteiger partial charge >= 0.3 is 6.18 Å². The minimum absolute atomic E-state index is 0.126. The van der Waals surface area contributed by atoms with E-state index in [0.717, 1.165) is 25.7 Å². The van der Waals surface area contributed by atoms with Crippen LogP contribution < -0.4 is 10.2 Å². The topological polar surface area (TPSA) is 99.0 Å². The lowest BCUT2D eigenvalue weighted by molar-refractivity contribution is -0.142. The number of carbonyl (C=O) groups excluding carboxylic acids is 1. The van der Waals surface area contributed by atoms with Gasteiger partial charge in [-0.15, -0.1) is 10.2 Å². The lowest BCUT2D eigenvalue weighted by Gasteiger charge is -2.25. The van der Waals surface area contributed by atoms with Gasteiger partial charge in [-0.3, -0.25) is 4.79 Å². The van der Waals surface area contributed by atoms with Crippen LogP contribution in [0.25, 0.3) is 0 Å². The number of benzene rings is 1. The van der Waals surface area contributed by atoms with Gasteiger partial charge in [-0.2, -0.15) is 13.2 Å². The summed E-state index contributed by atoms with van der Waals surface area (Å²) in [5.74, 6) is -0.636. The number of nitrogens with one attached hydrogen (secondary N) is 2. The summed E-state index contributed by atoms with van der Waals surface area (Å²) in [4.78, 5) is 15.1. The molecule has 0 aliphatic carbocycles. The first-order valence-corrected chi connectivity index (χ1v) is 11.8. The quantitative estimate of drug-likeness (QED) is 0.709. The highest BCUT2D eigenvalue weighted by Gasteiger charge is 2.38. The number of aromatic nitrogens is 2. The Hall–Kier alpha value is -2.69. The summed E-state index contributed by atoms with van der Waals surface area (Å²) in [6, 6.07) is 5.92. The maximum atomic E-state index is 13.4. The van der Waals surface area contributed by atoms with Crippen molar-refractivity contribution in [1.29, 1.82) is 4.78 Å². The van der Waals surface area contributed by atoms with Crippen molar-refractivity contribution in [2.75, 3.05) is 29.6 Å². The molecular weight excluding hydrogens is 431 g/mol. The Balaban J connectivity index is 2.05. The fourth-order valence-electron chi connectivity index (χ4n) is 3.56. The van der Waals surface area contributed by atoms with Crippen LogP contribution in [-0.4, -0.2) is 39.7 Å². The van der Waals surface area contributed by atoms with Crippen LogP contribution in [0.3, 0.4) is 0 Å². The van der Waals surface area contributed by atoms with Crippen molar-refractivity contribution >= 4 is 27.1 Å². The van der Waals surface area contributed by atoms with E-state index < -0.39 is 27.5 Å². The zero-order chi connectivity index (χ0) is 22.8. The van der Waals surface area contributed by atoms with E-state index in [1.54, 1.807) is 4.90 Å². The summed E-state index contributed by atoms with van der Waals surface area (Å²) in [6.07, 6.45) is 0.196. The summed E-state index contributed by atoms with van der Waals surface area (Å²) in [5.41, 5.74) is -1.45. The minimum atomic E-state index is -4.75. The molecule has 1 aliphatic heterocycles. The highest BCUT2D eigenvalue weighted by Crippen LogP contribution is 2.34. The Kier molecular flexibility index (Phi) is 6.54. The van der Waals surface area contributed by atoms with Crippen molar-refractivity contribution < 1.29 is 22.2 Å². The SMILES string of the molecule is Cc1c(C(F)(F)F)nnc(N2CCCCCC2)c1C(=O)Nc1cccc([S@](C)(=N)=O)c1. The van der Waals surface area contributed by atoms with Gasteiger partial charge in [0.15, 0.2) is 11.5 Å². The Morgan fingerprint density at radius 2 is 1.81 bits per heavy atom. The number of amides is 1. The smallest absolute Gasteiger partial charge is 0.354 e. The molecule has 2 heterocycles. The molecule has 0 unspecified atom stereocenters. The Morgan fingerprint density at radius 1 is 1.16 bits per heavy atom. The van der Waals surface area contributed by atoms with E-state index >= 15 is 0 Å². The van der Waals surface area contributed by atoms with Crippen molar-refractivity contribution in [3.8, 4) is 0 Å². The lowest BCUT2D eigenvalue weighted by Crippen LogP contribution is -2.30. The van der Waals surface area contributed by atoms with Gasteiger partial charge in [-0.1, -0.05) is 18.9 Å². The number of rotatable bonds is 4. The number of carbonyl (C=O) groups is 1. The van der Waals surface area contributed by atoms with Gasteiger partial charge in [0.05, 0.1) is 15.3 Å². The average Bonchev–Trinajstić information content (AvgIpc) is 2.95. The second kappa shape index (κ2) is 8.81. The molecule has 2 aromatic rings. The van der Waals surface area contributed by atoms with Gasteiger partial charge < -0.3 is 10.2 Å². The molecule has 0 radical (unpaired) electrons. The standard InChI is InChI=1S/C20H24F3N5O2S/c1-13-16(19(29)25-14-8-7-9-15(12-14)31(2,24)30)18(27-26-17(13)20(21,22)23)28-10-5-3-4-6-11-28/h7-9,12,24H,3-6,10-11H2,1-2H3,(H,25,29)/t31-/m1/s1. The van der Waals surface area contributed by atoms with Crippen molar-refractivity contribution in [3.05, 3.63) is 41.1 Å². The van der Waals surface area contributed by atoms with Crippen molar-refractivity contribution in [1.82, 2.24) is 10.2 Å². The predicted octanol–water partition coefficient (Wildman–Crippen LogP) is 4.47. The number of anilines is 2. The predicted molar refractivity (Wildman–Crippen MR) is 112 cm³/mol. The first-order valence-electron chi connectivity index (χ1n) is 9.83. The van der Waals surface area contributed by atoms with Crippen LogP contribution in [0, 0.1) is 11.7 Å². The molecule has 3 rings (SSSR count). The third-order valence-electron chi connectivity index (χ3n) is 5.14. The van der Waals surface area contributed by atoms with E-state index in [9.17, 15) is 22.2 Å². The second-order valence-corrected chi connectivity index (χ2v) is 9.76. The monoisotopic (exact) mass is 455 g/mol. The highest BCUT2D eigenvalue weighted by atomic mass is 32.2. The average molecular weight is 456 g/mol. The summed E-state index contributed by atoms with van der Waals surface area (Å²) in [7, 11) is -3.02. The molecule has 1 amide bonds. The molecule has 1 atom stereocenters. The molecule has 0 spiro atoms. The van der Waals surface area contributed by atoms with Gasteiger partial charge in [0.1, 0.15) is 0 Å². The first-order chi connectivity index (χ1) is 14.5. The molecule has 0 saturated carbocycles. The molecule has 7 nitrogen and oxygen atoms in total. The third-order valence-corrected chi connectivity index (χ3v) is 6.29. The van der Waals surface area contributed by atoms with Gasteiger partial charge in [0.2, 0.25) is 0 Å². The van der Waals surface area contributed by atoms with Crippen LogP contribution in [0.2, 0.25) is 0 Å². The molecule has 11 heteroatoms. The van der Waals surface area contributed by atoms with Gasteiger partial charge in [0, 0.05) is 29.9 Å². The van der Waals surface area contributed by atoms with E-state index in [4.69, 9.17) is 4.78 Å². The van der Waals surface area contributed by atoms with Crippen LogP contribution in [0.4, 0.5) is 24.7 Å². The number of halogens is 3. The molecule has 1 fully saturated rings. The zero-order valence-electron chi connectivity index (χ0n) is 17.3. The van der Waals surface area contributed by atoms with Crippen LogP contribution in [-0.2, 0) is 15.9 Å². The maximum absolute atomic E-state index is 13.4. The molecule has 2 N–H and O–H groups in total. The molecule has 1 aromatic carbocycles. The number of alkyl halides is 3. The van der Waals surface area contributed by atoms with Crippen LogP contribution >= 0.6 is 0 Å².